The second-order valence-electron chi connectivity index (χ2n) is 3.14. The summed E-state index contributed by atoms with van der Waals surface area (Å²) >= 11 is 0. The van der Waals surface area contributed by atoms with Gasteiger partial charge < -0.3 is 5.73 Å². The van der Waals surface area contributed by atoms with Crippen LogP contribution in [0.2, 0.25) is 0 Å². The van der Waals surface area contributed by atoms with E-state index in [1.807, 2.05) is 0 Å². The lowest BCUT2D eigenvalue weighted by molar-refractivity contribution is 0.0902. The maximum atomic E-state index is 11.6. The van der Waals surface area contributed by atoms with Gasteiger partial charge in [0, 0.05) is 19.0 Å². The van der Waals surface area contributed by atoms with Crippen molar-refractivity contribution in [1.82, 2.24) is 20.2 Å². The maximum Gasteiger partial charge on any atom is 0.218 e. The fourth-order valence-electron chi connectivity index (χ4n) is 0.881. The fourth-order valence-corrected chi connectivity index (χ4v) is 0.881. The molecule has 2 atom stereocenters. The number of carbonyl (C=O) groups is 1. The maximum absolute atomic E-state index is 11.6. The van der Waals surface area contributed by atoms with Crippen LogP contribution >= 0.6 is 0 Å². The molecule has 0 fully saturated rings. The Hall–Kier alpha value is -1.30. The molecule has 0 radical (unpaired) electrons. The largest absolute Gasteiger partial charge is 0.327 e. The third-order valence-corrected chi connectivity index (χ3v) is 2.04. The molecule has 0 saturated carbocycles. The standard InChI is InChI=1S/C7H13N5O/c1-4(5(2)8)6(13)7-9-10-11-12(7)3/h4-5H,8H2,1-3H3. The van der Waals surface area contributed by atoms with Crippen molar-refractivity contribution < 1.29 is 4.79 Å². The van der Waals surface area contributed by atoms with Gasteiger partial charge in [-0.25, -0.2) is 4.68 Å². The van der Waals surface area contributed by atoms with Gasteiger partial charge in [0.15, 0.2) is 0 Å². The number of hydrogen-bond donors (Lipinski definition) is 1. The van der Waals surface area contributed by atoms with Crippen molar-refractivity contribution in [3.63, 3.8) is 0 Å². The Morgan fingerprint density at radius 2 is 2.15 bits per heavy atom. The summed E-state index contributed by atoms with van der Waals surface area (Å²) in [6.07, 6.45) is 0. The summed E-state index contributed by atoms with van der Waals surface area (Å²) < 4.78 is 1.35. The van der Waals surface area contributed by atoms with Gasteiger partial charge in [-0.3, -0.25) is 4.79 Å². The first-order chi connectivity index (χ1) is 6.04. The van der Waals surface area contributed by atoms with E-state index in [2.05, 4.69) is 15.5 Å². The number of hydrogen-bond acceptors (Lipinski definition) is 5. The first-order valence-electron chi connectivity index (χ1n) is 4.06. The Morgan fingerprint density at radius 1 is 1.54 bits per heavy atom. The average molecular weight is 183 g/mol. The van der Waals surface area contributed by atoms with Crippen molar-refractivity contribution in [3.05, 3.63) is 5.82 Å². The third-order valence-electron chi connectivity index (χ3n) is 2.04. The van der Waals surface area contributed by atoms with Crippen LogP contribution in [0.4, 0.5) is 0 Å². The number of nitrogens with zero attached hydrogens (tertiary/aromatic N) is 4. The molecule has 2 unspecified atom stereocenters. The monoisotopic (exact) mass is 183 g/mol. The molecule has 1 heterocycles. The molecule has 13 heavy (non-hydrogen) atoms. The van der Waals surface area contributed by atoms with Crippen LogP contribution in [0.25, 0.3) is 0 Å². The van der Waals surface area contributed by atoms with Crippen molar-refractivity contribution in [2.24, 2.45) is 18.7 Å². The Kier molecular flexibility index (Phi) is 2.72. The van der Waals surface area contributed by atoms with Gasteiger partial charge in [-0.15, -0.1) is 5.10 Å². The van der Waals surface area contributed by atoms with Crippen LogP contribution in [-0.4, -0.2) is 32.0 Å². The Bertz CT molecular complexity index is 306. The highest BCUT2D eigenvalue weighted by Crippen LogP contribution is 2.07. The lowest BCUT2D eigenvalue weighted by Gasteiger charge is -2.12. The quantitative estimate of drug-likeness (QED) is 0.631. The number of rotatable bonds is 3. The zero-order valence-electron chi connectivity index (χ0n) is 7.93. The molecule has 0 aromatic carbocycles. The molecular weight excluding hydrogens is 170 g/mol. The van der Waals surface area contributed by atoms with Gasteiger partial charge in [0.25, 0.3) is 0 Å². The number of aryl methyl sites for hydroxylation is 1. The molecule has 0 amide bonds. The van der Waals surface area contributed by atoms with Gasteiger partial charge in [0.2, 0.25) is 11.6 Å². The van der Waals surface area contributed by atoms with Crippen LogP contribution in [0.5, 0.6) is 0 Å². The van der Waals surface area contributed by atoms with Crippen molar-refractivity contribution in [2.75, 3.05) is 0 Å². The lowest BCUT2D eigenvalue weighted by atomic mass is 9.99. The smallest absolute Gasteiger partial charge is 0.218 e. The number of nitrogens with two attached hydrogens (primary N) is 1. The van der Waals surface area contributed by atoms with Gasteiger partial charge in [0.1, 0.15) is 0 Å². The van der Waals surface area contributed by atoms with E-state index >= 15 is 0 Å². The first-order valence-corrected chi connectivity index (χ1v) is 4.06. The topological polar surface area (TPSA) is 86.7 Å². The molecule has 0 bridgehead atoms. The Morgan fingerprint density at radius 3 is 2.54 bits per heavy atom. The summed E-state index contributed by atoms with van der Waals surface area (Å²) in [6, 6.07) is -0.191. The van der Waals surface area contributed by atoms with Crippen molar-refractivity contribution in [1.29, 1.82) is 0 Å². The van der Waals surface area contributed by atoms with E-state index in [0.717, 1.165) is 0 Å². The van der Waals surface area contributed by atoms with Crippen molar-refractivity contribution >= 4 is 5.78 Å². The van der Waals surface area contributed by atoms with Gasteiger partial charge in [-0.1, -0.05) is 6.92 Å². The highest BCUT2D eigenvalue weighted by Gasteiger charge is 2.23. The normalized spacial score (nSPS) is 15.4. The fraction of sp³-hybridized carbons (Fsp3) is 0.714. The Labute approximate surface area is 76.1 Å². The lowest BCUT2D eigenvalue weighted by Crippen LogP contribution is -2.32. The highest BCUT2D eigenvalue weighted by atomic mass is 16.1. The van der Waals surface area contributed by atoms with Gasteiger partial charge >= 0.3 is 0 Å². The van der Waals surface area contributed by atoms with Crippen LogP contribution in [0.3, 0.4) is 0 Å². The molecule has 0 aliphatic rings. The molecule has 1 aromatic heterocycles. The molecule has 0 saturated heterocycles. The van der Waals surface area contributed by atoms with Gasteiger partial charge in [0.05, 0.1) is 0 Å². The van der Waals surface area contributed by atoms with Crippen LogP contribution in [0.1, 0.15) is 24.5 Å². The second-order valence-corrected chi connectivity index (χ2v) is 3.14. The highest BCUT2D eigenvalue weighted by molar-refractivity contribution is 5.94. The van der Waals surface area contributed by atoms with Crippen molar-refractivity contribution in [3.8, 4) is 0 Å². The molecule has 0 aliphatic heterocycles. The first kappa shape index (κ1) is 9.79. The summed E-state index contributed by atoms with van der Waals surface area (Å²) in [5, 5.41) is 10.6. The predicted molar refractivity (Wildman–Crippen MR) is 45.9 cm³/mol. The summed E-state index contributed by atoms with van der Waals surface area (Å²) in [7, 11) is 1.63. The van der Waals surface area contributed by atoms with E-state index in [0.29, 0.717) is 0 Å². The van der Waals surface area contributed by atoms with Crippen LogP contribution in [0, 0.1) is 5.92 Å². The van der Waals surface area contributed by atoms with Gasteiger partial charge in [-0.2, -0.15) is 0 Å². The number of aromatic nitrogens is 4. The number of tetrazole rings is 1. The van der Waals surface area contributed by atoms with Crippen LogP contribution < -0.4 is 5.73 Å². The zero-order chi connectivity index (χ0) is 10.0. The summed E-state index contributed by atoms with van der Waals surface area (Å²) in [6.45, 7) is 3.55. The number of carbonyl (C=O) groups excluding carboxylic acids is 1. The van der Waals surface area contributed by atoms with E-state index in [1.165, 1.54) is 4.68 Å². The van der Waals surface area contributed by atoms with E-state index in [4.69, 9.17) is 5.73 Å². The second kappa shape index (κ2) is 3.61. The van der Waals surface area contributed by atoms with Gasteiger partial charge in [-0.05, 0) is 17.4 Å². The third kappa shape index (κ3) is 1.89. The van der Waals surface area contributed by atoms with E-state index in [-0.39, 0.29) is 23.6 Å². The average Bonchev–Trinajstić information content (AvgIpc) is 2.48. The number of Topliss-reactive ketones (excluding diaryl/α,β-unsaturated/α-hetero) is 1. The minimum Gasteiger partial charge on any atom is -0.327 e. The molecular formula is C7H13N5O. The van der Waals surface area contributed by atoms with E-state index in [9.17, 15) is 4.79 Å². The molecule has 6 nitrogen and oxygen atoms in total. The van der Waals surface area contributed by atoms with E-state index < -0.39 is 0 Å². The number of ketones is 1. The molecule has 0 spiro atoms. The van der Waals surface area contributed by atoms with Crippen LogP contribution in [0.15, 0.2) is 0 Å². The molecule has 1 rings (SSSR count). The molecule has 72 valence electrons. The summed E-state index contributed by atoms with van der Waals surface area (Å²) in [5.41, 5.74) is 5.59. The summed E-state index contributed by atoms with van der Waals surface area (Å²) in [4.78, 5) is 11.6. The zero-order valence-corrected chi connectivity index (χ0v) is 7.93. The van der Waals surface area contributed by atoms with E-state index in [1.54, 1.807) is 20.9 Å². The predicted octanol–water partition coefficient (Wildman–Crippen LogP) is -0.624. The molecule has 2 N–H and O–H groups in total. The molecule has 0 aliphatic carbocycles. The molecule has 1 aromatic rings. The summed E-state index contributed by atoms with van der Waals surface area (Å²) in [5.74, 6) is -0.128. The molecule has 6 heteroatoms. The SMILES string of the molecule is CC(N)C(C)C(=O)c1nnnn1C. The Balaban J connectivity index is 2.86. The minimum absolute atomic E-state index is 0.123. The minimum atomic E-state index is -0.260. The van der Waals surface area contributed by atoms with Crippen LogP contribution in [-0.2, 0) is 7.05 Å². The van der Waals surface area contributed by atoms with Crippen molar-refractivity contribution in [2.45, 2.75) is 19.9 Å².